The minimum absolute atomic E-state index is 0.356. The quantitative estimate of drug-likeness (QED) is 0.675. The molecule has 3 aromatic carbocycles. The van der Waals surface area contributed by atoms with Gasteiger partial charge in [-0.15, -0.1) is 0 Å². The fourth-order valence-corrected chi connectivity index (χ4v) is 5.17. The lowest BCUT2D eigenvalue weighted by molar-refractivity contribution is 0.378. The summed E-state index contributed by atoms with van der Waals surface area (Å²) < 4.78 is 33.3. The summed E-state index contributed by atoms with van der Waals surface area (Å²) in [5.74, 6) is 0.809. The number of hydrogen-bond acceptors (Lipinski definition) is 4. The van der Waals surface area contributed by atoms with Gasteiger partial charge >= 0.3 is 0 Å². The second-order valence-corrected chi connectivity index (χ2v) is 9.01. The predicted octanol–water partition coefficient (Wildman–Crippen LogP) is 3.67. The summed E-state index contributed by atoms with van der Waals surface area (Å²) in [6.07, 6.45) is 0. The van der Waals surface area contributed by atoms with Gasteiger partial charge in [-0.1, -0.05) is 42.0 Å². The molecule has 1 heterocycles. The topological polar surface area (TPSA) is 49.9 Å². The van der Waals surface area contributed by atoms with Crippen molar-refractivity contribution in [1.82, 2.24) is 4.31 Å². The maximum Gasteiger partial charge on any atom is 0.243 e. The molecule has 4 rings (SSSR count). The molecule has 0 aliphatic carbocycles. The lowest BCUT2D eigenvalue weighted by Gasteiger charge is -2.36. The first-order valence-corrected chi connectivity index (χ1v) is 10.8. The van der Waals surface area contributed by atoms with E-state index in [9.17, 15) is 8.42 Å². The average Bonchev–Trinajstić information content (AvgIpc) is 2.73. The Hall–Kier alpha value is -2.57. The van der Waals surface area contributed by atoms with Crippen LogP contribution in [0.15, 0.2) is 65.6 Å². The zero-order chi connectivity index (χ0) is 19.7. The van der Waals surface area contributed by atoms with E-state index in [0.717, 1.165) is 27.8 Å². The molecule has 1 fully saturated rings. The fourth-order valence-electron chi connectivity index (χ4n) is 3.71. The van der Waals surface area contributed by atoms with Crippen LogP contribution in [0.2, 0.25) is 0 Å². The summed E-state index contributed by atoms with van der Waals surface area (Å²) in [6.45, 7) is 4.20. The molecule has 0 atom stereocenters. The van der Waals surface area contributed by atoms with E-state index in [-0.39, 0.29) is 0 Å². The zero-order valence-corrected chi connectivity index (χ0v) is 16.9. The van der Waals surface area contributed by atoms with Crippen LogP contribution >= 0.6 is 0 Å². The van der Waals surface area contributed by atoms with Crippen LogP contribution < -0.4 is 9.64 Å². The minimum atomic E-state index is -3.51. The van der Waals surface area contributed by atoms with Crippen molar-refractivity contribution >= 4 is 26.5 Å². The molecule has 6 heteroatoms. The smallest absolute Gasteiger partial charge is 0.243 e. The molecule has 0 saturated carbocycles. The Morgan fingerprint density at radius 1 is 0.857 bits per heavy atom. The van der Waals surface area contributed by atoms with Crippen molar-refractivity contribution in [1.29, 1.82) is 0 Å². The first-order chi connectivity index (χ1) is 13.5. The Kier molecular flexibility index (Phi) is 5.00. The third kappa shape index (κ3) is 3.45. The highest BCUT2D eigenvalue weighted by Gasteiger charge is 2.29. The molecule has 1 aliphatic heterocycles. The fraction of sp³-hybridized carbons (Fsp3) is 0.273. The summed E-state index contributed by atoms with van der Waals surface area (Å²) >= 11 is 0. The van der Waals surface area contributed by atoms with Crippen LogP contribution in [-0.2, 0) is 10.0 Å². The molecule has 0 unspecified atom stereocenters. The number of aryl methyl sites for hydroxylation is 1. The molecule has 5 nitrogen and oxygen atoms in total. The minimum Gasteiger partial charge on any atom is -0.495 e. The van der Waals surface area contributed by atoms with E-state index in [2.05, 4.69) is 11.0 Å². The lowest BCUT2D eigenvalue weighted by Crippen LogP contribution is -2.48. The second-order valence-electron chi connectivity index (χ2n) is 7.08. The number of anilines is 1. The van der Waals surface area contributed by atoms with Crippen LogP contribution in [0, 0.1) is 6.92 Å². The van der Waals surface area contributed by atoms with Crippen LogP contribution in [0.1, 0.15) is 5.56 Å². The number of rotatable bonds is 4. The Morgan fingerprint density at radius 3 is 2.29 bits per heavy atom. The number of benzene rings is 3. The Balaban J connectivity index is 1.54. The molecular formula is C22H24N2O3S. The first-order valence-electron chi connectivity index (χ1n) is 9.37. The van der Waals surface area contributed by atoms with E-state index in [4.69, 9.17) is 4.74 Å². The van der Waals surface area contributed by atoms with Crippen LogP contribution in [0.3, 0.4) is 0 Å². The molecule has 0 radical (unpaired) electrons. The van der Waals surface area contributed by atoms with E-state index < -0.39 is 10.0 Å². The van der Waals surface area contributed by atoms with Gasteiger partial charge in [0, 0.05) is 26.2 Å². The van der Waals surface area contributed by atoms with Gasteiger partial charge in [0.15, 0.2) is 0 Å². The summed E-state index contributed by atoms with van der Waals surface area (Å²) in [6, 6.07) is 19.3. The van der Waals surface area contributed by atoms with Crippen LogP contribution in [0.4, 0.5) is 5.69 Å². The molecule has 0 N–H and O–H groups in total. The molecule has 146 valence electrons. The molecular weight excluding hydrogens is 372 g/mol. The summed E-state index contributed by atoms with van der Waals surface area (Å²) in [5, 5.41) is 2.00. The van der Waals surface area contributed by atoms with Gasteiger partial charge in [0.25, 0.3) is 0 Å². The lowest BCUT2D eigenvalue weighted by atomic mass is 10.1. The van der Waals surface area contributed by atoms with Gasteiger partial charge < -0.3 is 9.64 Å². The van der Waals surface area contributed by atoms with Gasteiger partial charge in [-0.05, 0) is 42.0 Å². The van der Waals surface area contributed by atoms with Crippen molar-refractivity contribution in [2.24, 2.45) is 0 Å². The van der Waals surface area contributed by atoms with Crippen molar-refractivity contribution < 1.29 is 13.2 Å². The third-order valence-corrected chi connectivity index (χ3v) is 7.16. The predicted molar refractivity (Wildman–Crippen MR) is 113 cm³/mol. The molecule has 28 heavy (non-hydrogen) atoms. The Morgan fingerprint density at radius 2 is 1.54 bits per heavy atom. The number of hydrogen-bond donors (Lipinski definition) is 0. The highest BCUT2D eigenvalue weighted by Crippen LogP contribution is 2.30. The van der Waals surface area contributed by atoms with Gasteiger partial charge in [-0.25, -0.2) is 8.42 Å². The van der Waals surface area contributed by atoms with Gasteiger partial charge in [-0.3, -0.25) is 0 Å². The summed E-state index contributed by atoms with van der Waals surface area (Å²) in [4.78, 5) is 2.53. The third-order valence-electron chi connectivity index (χ3n) is 5.27. The van der Waals surface area contributed by atoms with Crippen molar-refractivity contribution in [2.75, 3.05) is 38.2 Å². The van der Waals surface area contributed by atoms with E-state index in [0.29, 0.717) is 31.1 Å². The van der Waals surface area contributed by atoms with Gasteiger partial charge in [0.05, 0.1) is 17.7 Å². The maximum absolute atomic E-state index is 13.1. The Labute approximate surface area is 166 Å². The number of fused-ring (bicyclic) bond motifs is 1. The SMILES string of the molecule is COc1ccccc1N1CCN(S(=O)(=O)c2ccc3cc(C)ccc3c2)CC1. The molecule has 1 aliphatic rings. The summed E-state index contributed by atoms with van der Waals surface area (Å²) in [5.41, 5.74) is 2.17. The largest absolute Gasteiger partial charge is 0.495 e. The monoisotopic (exact) mass is 396 g/mol. The molecule has 0 spiro atoms. The van der Waals surface area contributed by atoms with Crippen LogP contribution in [0.5, 0.6) is 5.75 Å². The van der Waals surface area contributed by atoms with Crippen molar-refractivity contribution in [3.05, 3.63) is 66.2 Å². The average molecular weight is 397 g/mol. The number of para-hydroxylation sites is 2. The number of methoxy groups -OCH3 is 1. The standard InChI is InChI=1S/C22H24N2O3S/c1-17-7-8-19-16-20(10-9-18(19)15-17)28(25,26)24-13-11-23(12-14-24)21-5-3-4-6-22(21)27-2/h3-10,15-16H,11-14H2,1-2H3. The molecule has 0 amide bonds. The van der Waals surface area contributed by atoms with Crippen LogP contribution in [0.25, 0.3) is 10.8 Å². The highest BCUT2D eigenvalue weighted by atomic mass is 32.2. The van der Waals surface area contributed by atoms with Gasteiger partial charge in [-0.2, -0.15) is 4.31 Å². The van der Waals surface area contributed by atoms with Crippen molar-refractivity contribution in [3.8, 4) is 5.75 Å². The Bertz CT molecular complexity index is 1100. The van der Waals surface area contributed by atoms with E-state index in [1.165, 1.54) is 0 Å². The molecule has 0 aromatic heterocycles. The molecule has 0 bridgehead atoms. The van der Waals surface area contributed by atoms with E-state index in [1.807, 2.05) is 49.4 Å². The number of nitrogens with zero attached hydrogens (tertiary/aromatic N) is 2. The maximum atomic E-state index is 13.1. The number of sulfonamides is 1. The normalized spacial score (nSPS) is 15.7. The van der Waals surface area contributed by atoms with Crippen LogP contribution in [-0.4, -0.2) is 46.0 Å². The number of piperazine rings is 1. The van der Waals surface area contributed by atoms with E-state index >= 15 is 0 Å². The highest BCUT2D eigenvalue weighted by molar-refractivity contribution is 7.89. The van der Waals surface area contributed by atoms with Gasteiger partial charge in [0.2, 0.25) is 10.0 Å². The van der Waals surface area contributed by atoms with Crippen molar-refractivity contribution in [3.63, 3.8) is 0 Å². The zero-order valence-electron chi connectivity index (χ0n) is 16.1. The van der Waals surface area contributed by atoms with Crippen molar-refractivity contribution in [2.45, 2.75) is 11.8 Å². The number of ether oxygens (including phenoxy) is 1. The molecule has 1 saturated heterocycles. The van der Waals surface area contributed by atoms with Gasteiger partial charge in [0.1, 0.15) is 5.75 Å². The summed E-state index contributed by atoms with van der Waals surface area (Å²) in [7, 11) is -1.86. The first kappa shape index (κ1) is 18.8. The molecule has 3 aromatic rings. The van der Waals surface area contributed by atoms with E-state index in [1.54, 1.807) is 23.5 Å². The second kappa shape index (κ2) is 7.45.